The van der Waals surface area contributed by atoms with E-state index in [1.165, 1.54) is 6.20 Å². The molecule has 3 rings (SSSR count). The van der Waals surface area contributed by atoms with E-state index in [9.17, 15) is 4.79 Å². The highest BCUT2D eigenvalue weighted by Crippen LogP contribution is 2.44. The number of anilines is 1. The Bertz CT molecular complexity index is 789. The highest BCUT2D eigenvalue weighted by atomic mass is 79.9. The molecular formula is C19H21BrN2O3. The molecule has 2 aromatic rings. The maximum atomic E-state index is 12.4. The Morgan fingerprint density at radius 1 is 1.12 bits per heavy atom. The Balaban J connectivity index is 1.78. The molecule has 1 amide bonds. The summed E-state index contributed by atoms with van der Waals surface area (Å²) in [4.78, 5) is 16.4. The first-order valence-electron chi connectivity index (χ1n) is 8.05. The molecule has 0 aliphatic carbocycles. The Morgan fingerprint density at radius 3 is 2.44 bits per heavy atom. The smallest absolute Gasteiger partial charge is 0.257 e. The van der Waals surface area contributed by atoms with E-state index >= 15 is 0 Å². The second-order valence-corrected chi connectivity index (χ2v) is 7.98. The zero-order chi connectivity index (χ0) is 18.2. The average Bonchev–Trinajstić information content (AvgIpc) is 2.76. The molecular weight excluding hydrogens is 384 g/mol. The van der Waals surface area contributed by atoms with Crippen molar-refractivity contribution in [2.75, 3.05) is 5.32 Å². The number of carbonyl (C=O) groups excluding carboxylic acids is 1. The van der Waals surface area contributed by atoms with Crippen LogP contribution in [0.5, 0.6) is 0 Å². The summed E-state index contributed by atoms with van der Waals surface area (Å²) in [6, 6.07) is 9.22. The Morgan fingerprint density at radius 2 is 1.80 bits per heavy atom. The zero-order valence-corrected chi connectivity index (χ0v) is 16.3. The van der Waals surface area contributed by atoms with Gasteiger partial charge in [0.1, 0.15) is 0 Å². The molecule has 1 aliphatic heterocycles. The lowest BCUT2D eigenvalue weighted by Gasteiger charge is -2.30. The van der Waals surface area contributed by atoms with Gasteiger partial charge in [0, 0.05) is 28.1 Å². The molecule has 1 aliphatic rings. The third kappa shape index (κ3) is 3.76. The van der Waals surface area contributed by atoms with Gasteiger partial charge in [-0.15, -0.1) is 0 Å². The number of ether oxygens (including phenoxy) is 2. The molecule has 0 radical (unpaired) electrons. The van der Waals surface area contributed by atoms with Crippen LogP contribution in [0.4, 0.5) is 5.69 Å². The van der Waals surface area contributed by atoms with E-state index in [2.05, 4.69) is 26.2 Å². The van der Waals surface area contributed by atoms with E-state index in [1.54, 1.807) is 12.3 Å². The SMILES string of the molecule is CC1(C)OC(c2cccc(NC(=O)c3cncc(Br)c3)c2)OC1(C)C. The molecule has 25 heavy (non-hydrogen) atoms. The number of hydrogen-bond donors (Lipinski definition) is 1. The molecule has 1 saturated heterocycles. The van der Waals surface area contributed by atoms with E-state index < -0.39 is 17.5 Å². The molecule has 6 heteroatoms. The minimum Gasteiger partial charge on any atom is -0.339 e. The van der Waals surface area contributed by atoms with Crippen molar-refractivity contribution in [3.05, 3.63) is 58.3 Å². The summed E-state index contributed by atoms with van der Waals surface area (Å²) >= 11 is 3.32. The normalized spacial score (nSPS) is 18.9. The molecule has 0 atom stereocenters. The Kier molecular flexibility index (Phi) is 4.70. The molecule has 0 unspecified atom stereocenters. The topological polar surface area (TPSA) is 60.5 Å². The number of nitrogens with zero attached hydrogens (tertiary/aromatic N) is 1. The van der Waals surface area contributed by atoms with Crippen molar-refractivity contribution in [2.45, 2.75) is 45.2 Å². The fourth-order valence-electron chi connectivity index (χ4n) is 2.48. The molecule has 0 saturated carbocycles. The first-order valence-corrected chi connectivity index (χ1v) is 8.85. The molecule has 5 nitrogen and oxygen atoms in total. The van der Waals surface area contributed by atoms with Crippen molar-refractivity contribution >= 4 is 27.5 Å². The van der Waals surface area contributed by atoms with E-state index in [4.69, 9.17) is 9.47 Å². The molecule has 2 heterocycles. The first kappa shape index (κ1) is 18.0. The molecule has 1 aromatic carbocycles. The van der Waals surface area contributed by atoms with Crippen LogP contribution in [-0.4, -0.2) is 22.1 Å². The summed E-state index contributed by atoms with van der Waals surface area (Å²) < 4.78 is 12.9. The third-order valence-electron chi connectivity index (χ3n) is 4.64. The van der Waals surface area contributed by atoms with E-state index in [-0.39, 0.29) is 5.91 Å². The van der Waals surface area contributed by atoms with E-state index in [0.29, 0.717) is 11.3 Å². The summed E-state index contributed by atoms with van der Waals surface area (Å²) in [5, 5.41) is 2.88. The number of aromatic nitrogens is 1. The van der Waals surface area contributed by atoms with E-state index in [1.807, 2.05) is 52.0 Å². The summed E-state index contributed by atoms with van der Waals surface area (Å²) in [7, 11) is 0. The molecule has 1 aromatic heterocycles. The standard InChI is InChI=1S/C19H21BrN2O3/c1-18(2)19(3,4)25-17(24-18)12-6-5-7-15(9-12)22-16(23)13-8-14(20)11-21-10-13/h5-11,17H,1-4H3,(H,22,23). The minimum absolute atomic E-state index is 0.222. The van der Waals surface area contributed by atoms with Crippen LogP contribution < -0.4 is 5.32 Å². The molecule has 1 N–H and O–H groups in total. The number of hydrogen-bond acceptors (Lipinski definition) is 4. The predicted molar refractivity (Wildman–Crippen MR) is 99.4 cm³/mol. The fraction of sp³-hybridized carbons (Fsp3) is 0.368. The van der Waals surface area contributed by atoms with Gasteiger partial charge in [-0.25, -0.2) is 0 Å². The van der Waals surface area contributed by atoms with Crippen LogP contribution in [-0.2, 0) is 9.47 Å². The largest absolute Gasteiger partial charge is 0.339 e. The van der Waals surface area contributed by atoms with Crippen LogP contribution in [0.1, 0.15) is 49.9 Å². The van der Waals surface area contributed by atoms with Gasteiger partial charge >= 0.3 is 0 Å². The Labute approximate surface area is 155 Å². The lowest BCUT2D eigenvalue weighted by Crippen LogP contribution is -2.41. The third-order valence-corrected chi connectivity index (χ3v) is 5.07. The van der Waals surface area contributed by atoms with Gasteiger partial charge in [-0.1, -0.05) is 12.1 Å². The molecule has 132 valence electrons. The number of pyridine rings is 1. The maximum absolute atomic E-state index is 12.4. The Hall–Kier alpha value is -1.76. The van der Waals surface area contributed by atoms with Gasteiger partial charge in [0.25, 0.3) is 5.91 Å². The number of amides is 1. The molecule has 1 fully saturated rings. The van der Waals surface area contributed by atoms with Crippen LogP contribution in [0.25, 0.3) is 0 Å². The van der Waals surface area contributed by atoms with E-state index in [0.717, 1.165) is 10.0 Å². The number of halogens is 1. The van der Waals surface area contributed by atoms with Crippen molar-refractivity contribution < 1.29 is 14.3 Å². The maximum Gasteiger partial charge on any atom is 0.257 e. The summed E-state index contributed by atoms with van der Waals surface area (Å²) in [6.07, 6.45) is 2.70. The number of carbonyl (C=O) groups is 1. The van der Waals surface area contributed by atoms with Gasteiger partial charge in [0.15, 0.2) is 6.29 Å². The summed E-state index contributed by atoms with van der Waals surface area (Å²) in [5.74, 6) is -0.222. The highest BCUT2D eigenvalue weighted by Gasteiger charge is 2.49. The predicted octanol–water partition coefficient (Wildman–Crippen LogP) is 4.70. The van der Waals surface area contributed by atoms with Crippen molar-refractivity contribution in [1.82, 2.24) is 4.98 Å². The summed E-state index contributed by atoms with van der Waals surface area (Å²) in [6.45, 7) is 8.05. The van der Waals surface area contributed by atoms with Crippen LogP contribution in [0, 0.1) is 0 Å². The number of benzene rings is 1. The lowest BCUT2D eigenvalue weighted by atomic mass is 9.90. The van der Waals surface area contributed by atoms with Crippen molar-refractivity contribution in [3.8, 4) is 0 Å². The monoisotopic (exact) mass is 404 g/mol. The highest BCUT2D eigenvalue weighted by molar-refractivity contribution is 9.10. The first-order chi connectivity index (χ1) is 11.7. The van der Waals surface area contributed by atoms with Crippen LogP contribution in [0.3, 0.4) is 0 Å². The quantitative estimate of drug-likeness (QED) is 0.804. The van der Waals surface area contributed by atoms with Gasteiger partial charge in [-0.3, -0.25) is 9.78 Å². The average molecular weight is 405 g/mol. The number of nitrogens with one attached hydrogen (secondary N) is 1. The van der Waals surface area contributed by atoms with Crippen LogP contribution in [0.2, 0.25) is 0 Å². The fourth-order valence-corrected chi connectivity index (χ4v) is 2.85. The van der Waals surface area contributed by atoms with Gasteiger partial charge in [-0.2, -0.15) is 0 Å². The zero-order valence-electron chi connectivity index (χ0n) is 14.7. The van der Waals surface area contributed by atoms with Gasteiger partial charge in [0.05, 0.1) is 16.8 Å². The van der Waals surface area contributed by atoms with Crippen molar-refractivity contribution in [1.29, 1.82) is 0 Å². The molecule has 0 bridgehead atoms. The number of rotatable bonds is 3. The summed E-state index contributed by atoms with van der Waals surface area (Å²) in [5.41, 5.74) is 1.22. The van der Waals surface area contributed by atoms with Gasteiger partial charge < -0.3 is 14.8 Å². The van der Waals surface area contributed by atoms with Gasteiger partial charge in [0.2, 0.25) is 0 Å². The van der Waals surface area contributed by atoms with Crippen molar-refractivity contribution in [3.63, 3.8) is 0 Å². The van der Waals surface area contributed by atoms with Crippen LogP contribution >= 0.6 is 15.9 Å². The second kappa shape index (κ2) is 6.52. The minimum atomic E-state index is -0.464. The lowest BCUT2D eigenvalue weighted by molar-refractivity contribution is -0.0895. The molecule has 0 spiro atoms. The second-order valence-electron chi connectivity index (χ2n) is 7.06. The van der Waals surface area contributed by atoms with Gasteiger partial charge in [-0.05, 0) is 61.8 Å². The van der Waals surface area contributed by atoms with Crippen molar-refractivity contribution in [2.24, 2.45) is 0 Å². The van der Waals surface area contributed by atoms with Crippen LogP contribution in [0.15, 0.2) is 47.2 Å².